The minimum atomic E-state index is 0.490. The van der Waals surface area contributed by atoms with Crippen LogP contribution in [0.4, 0.5) is 0 Å². The quantitative estimate of drug-likeness (QED) is 0.802. The molecule has 1 saturated heterocycles. The number of likely N-dealkylation sites (N-methyl/N-ethyl adjacent to an activating group) is 1. The fourth-order valence-corrected chi connectivity index (χ4v) is 2.30. The molecule has 0 bridgehead atoms. The average molecular weight is 239 g/mol. The third-order valence-electron chi connectivity index (χ3n) is 3.22. The van der Waals surface area contributed by atoms with Crippen LogP contribution in [0.3, 0.4) is 0 Å². The second-order valence-corrected chi connectivity index (χ2v) is 4.43. The van der Waals surface area contributed by atoms with Crippen molar-refractivity contribution in [2.75, 3.05) is 26.7 Å². The Hall–Kier alpha value is -0.910. The Kier molecular flexibility index (Phi) is 4.53. The predicted octanol–water partition coefficient (Wildman–Crippen LogP) is 1.00. The minimum absolute atomic E-state index is 0.490. The molecular weight excluding hydrogens is 218 g/mol. The van der Waals surface area contributed by atoms with Crippen molar-refractivity contribution in [2.45, 2.75) is 32.5 Å². The van der Waals surface area contributed by atoms with E-state index in [9.17, 15) is 0 Å². The standard InChI is InChI=1S/C12H21N3O2/c1-3-15(11-4-5-13-7-11)8-10-6-12(9-16-2)17-14-10/h6,11,13H,3-5,7-9H2,1-2H3. The first-order chi connectivity index (χ1) is 8.33. The number of nitrogens with one attached hydrogen (secondary N) is 1. The zero-order valence-corrected chi connectivity index (χ0v) is 10.6. The first kappa shape index (κ1) is 12.5. The molecule has 5 nitrogen and oxygen atoms in total. The van der Waals surface area contributed by atoms with Gasteiger partial charge in [-0.2, -0.15) is 0 Å². The number of rotatable bonds is 6. The van der Waals surface area contributed by atoms with Crippen LogP contribution in [0, 0.1) is 0 Å². The van der Waals surface area contributed by atoms with E-state index in [4.69, 9.17) is 9.26 Å². The molecule has 2 heterocycles. The van der Waals surface area contributed by atoms with Crippen molar-refractivity contribution < 1.29 is 9.26 Å². The van der Waals surface area contributed by atoms with Crippen LogP contribution in [0.2, 0.25) is 0 Å². The van der Waals surface area contributed by atoms with Crippen LogP contribution in [0.25, 0.3) is 0 Å². The van der Waals surface area contributed by atoms with Crippen LogP contribution < -0.4 is 5.32 Å². The number of aromatic nitrogens is 1. The Balaban J connectivity index is 1.92. The van der Waals surface area contributed by atoms with E-state index in [1.54, 1.807) is 7.11 Å². The zero-order valence-electron chi connectivity index (χ0n) is 10.6. The molecule has 1 aromatic heterocycles. The Morgan fingerprint density at radius 3 is 3.18 bits per heavy atom. The Bertz CT molecular complexity index is 334. The lowest BCUT2D eigenvalue weighted by molar-refractivity contribution is 0.155. The van der Waals surface area contributed by atoms with Crippen LogP contribution in [0.15, 0.2) is 10.6 Å². The topological polar surface area (TPSA) is 50.5 Å². The van der Waals surface area contributed by atoms with E-state index >= 15 is 0 Å². The molecule has 96 valence electrons. The lowest BCUT2D eigenvalue weighted by Crippen LogP contribution is -2.36. The highest BCUT2D eigenvalue weighted by molar-refractivity contribution is 5.05. The molecule has 0 aromatic carbocycles. The van der Waals surface area contributed by atoms with Gasteiger partial charge in [0.25, 0.3) is 0 Å². The highest BCUT2D eigenvalue weighted by atomic mass is 16.5. The summed E-state index contributed by atoms with van der Waals surface area (Å²) in [7, 11) is 1.66. The van der Waals surface area contributed by atoms with Gasteiger partial charge in [-0.1, -0.05) is 12.1 Å². The number of ether oxygens (including phenoxy) is 1. The van der Waals surface area contributed by atoms with Crippen LogP contribution in [-0.4, -0.2) is 42.8 Å². The van der Waals surface area contributed by atoms with Gasteiger partial charge in [0.1, 0.15) is 6.61 Å². The van der Waals surface area contributed by atoms with E-state index in [1.165, 1.54) is 6.42 Å². The van der Waals surface area contributed by atoms with Gasteiger partial charge >= 0.3 is 0 Å². The smallest absolute Gasteiger partial charge is 0.162 e. The van der Waals surface area contributed by atoms with Crippen molar-refractivity contribution in [2.24, 2.45) is 0 Å². The summed E-state index contributed by atoms with van der Waals surface area (Å²) in [6, 6.07) is 2.61. The molecule has 0 aliphatic carbocycles. The highest BCUT2D eigenvalue weighted by Crippen LogP contribution is 2.13. The molecule has 1 N–H and O–H groups in total. The molecule has 1 unspecified atom stereocenters. The van der Waals surface area contributed by atoms with E-state index in [0.29, 0.717) is 12.6 Å². The van der Waals surface area contributed by atoms with Crippen LogP contribution >= 0.6 is 0 Å². The van der Waals surface area contributed by atoms with Gasteiger partial charge in [0.05, 0.1) is 5.69 Å². The normalized spacial score (nSPS) is 20.3. The second-order valence-electron chi connectivity index (χ2n) is 4.43. The molecule has 1 fully saturated rings. The molecule has 5 heteroatoms. The van der Waals surface area contributed by atoms with E-state index < -0.39 is 0 Å². The number of hydrogen-bond acceptors (Lipinski definition) is 5. The predicted molar refractivity (Wildman–Crippen MR) is 64.6 cm³/mol. The van der Waals surface area contributed by atoms with Gasteiger partial charge in [0, 0.05) is 32.3 Å². The van der Waals surface area contributed by atoms with Crippen LogP contribution in [0.1, 0.15) is 24.8 Å². The molecule has 0 radical (unpaired) electrons. The monoisotopic (exact) mass is 239 g/mol. The molecule has 0 spiro atoms. The number of hydrogen-bond donors (Lipinski definition) is 1. The van der Waals surface area contributed by atoms with Crippen LogP contribution in [0.5, 0.6) is 0 Å². The van der Waals surface area contributed by atoms with Crippen molar-refractivity contribution >= 4 is 0 Å². The molecule has 1 aromatic rings. The summed E-state index contributed by atoms with van der Waals surface area (Å²) in [6.07, 6.45) is 1.22. The van der Waals surface area contributed by atoms with Crippen molar-refractivity contribution in [3.63, 3.8) is 0 Å². The average Bonchev–Trinajstić information content (AvgIpc) is 2.97. The van der Waals surface area contributed by atoms with E-state index in [0.717, 1.165) is 37.6 Å². The Labute approximate surface area is 102 Å². The van der Waals surface area contributed by atoms with Gasteiger partial charge < -0.3 is 14.6 Å². The Morgan fingerprint density at radius 1 is 1.65 bits per heavy atom. The van der Waals surface area contributed by atoms with Crippen molar-refractivity contribution in [3.8, 4) is 0 Å². The van der Waals surface area contributed by atoms with Crippen molar-refractivity contribution in [3.05, 3.63) is 17.5 Å². The molecule has 1 aliphatic heterocycles. The van der Waals surface area contributed by atoms with Gasteiger partial charge in [-0.25, -0.2) is 0 Å². The number of methoxy groups -OCH3 is 1. The molecule has 0 saturated carbocycles. The summed E-state index contributed by atoms with van der Waals surface area (Å²) in [5.41, 5.74) is 0.991. The van der Waals surface area contributed by atoms with E-state index in [-0.39, 0.29) is 0 Å². The van der Waals surface area contributed by atoms with E-state index in [1.807, 2.05) is 6.07 Å². The number of nitrogens with zero attached hydrogens (tertiary/aromatic N) is 2. The summed E-state index contributed by atoms with van der Waals surface area (Å²) >= 11 is 0. The van der Waals surface area contributed by atoms with Crippen molar-refractivity contribution in [1.82, 2.24) is 15.4 Å². The molecule has 2 rings (SSSR count). The summed E-state index contributed by atoms with van der Waals surface area (Å²) in [4.78, 5) is 2.44. The minimum Gasteiger partial charge on any atom is -0.377 e. The maximum Gasteiger partial charge on any atom is 0.162 e. The second kappa shape index (κ2) is 6.14. The summed E-state index contributed by atoms with van der Waals surface area (Å²) in [6.45, 7) is 6.78. The van der Waals surface area contributed by atoms with Gasteiger partial charge in [-0.3, -0.25) is 4.90 Å². The third-order valence-corrected chi connectivity index (χ3v) is 3.22. The summed E-state index contributed by atoms with van der Waals surface area (Å²) < 4.78 is 10.2. The van der Waals surface area contributed by atoms with Crippen molar-refractivity contribution in [1.29, 1.82) is 0 Å². The summed E-state index contributed by atoms with van der Waals surface area (Å²) in [5, 5.41) is 7.47. The SMILES string of the molecule is CCN(Cc1cc(COC)on1)C1CCNC1. The Morgan fingerprint density at radius 2 is 2.53 bits per heavy atom. The van der Waals surface area contributed by atoms with Crippen LogP contribution in [-0.2, 0) is 17.9 Å². The molecule has 1 atom stereocenters. The highest BCUT2D eigenvalue weighted by Gasteiger charge is 2.21. The van der Waals surface area contributed by atoms with Gasteiger partial charge in [-0.05, 0) is 19.5 Å². The molecule has 17 heavy (non-hydrogen) atoms. The lowest BCUT2D eigenvalue weighted by Gasteiger charge is -2.25. The summed E-state index contributed by atoms with van der Waals surface area (Å²) in [5.74, 6) is 0.795. The maximum atomic E-state index is 5.20. The lowest BCUT2D eigenvalue weighted by atomic mass is 10.2. The van der Waals surface area contributed by atoms with E-state index in [2.05, 4.69) is 22.3 Å². The molecule has 0 amide bonds. The fourth-order valence-electron chi connectivity index (χ4n) is 2.30. The molecular formula is C12H21N3O2. The molecule has 1 aliphatic rings. The van der Waals surface area contributed by atoms with Gasteiger partial charge in [-0.15, -0.1) is 0 Å². The largest absolute Gasteiger partial charge is 0.377 e. The first-order valence-electron chi connectivity index (χ1n) is 6.21. The fraction of sp³-hybridized carbons (Fsp3) is 0.750. The third kappa shape index (κ3) is 3.28. The first-order valence-corrected chi connectivity index (χ1v) is 6.21. The zero-order chi connectivity index (χ0) is 12.1. The van der Waals surface area contributed by atoms with Gasteiger partial charge in [0.15, 0.2) is 5.76 Å². The maximum absolute atomic E-state index is 5.20. The van der Waals surface area contributed by atoms with Gasteiger partial charge in [0.2, 0.25) is 0 Å².